The Kier molecular flexibility index (Phi) is 6.57. The summed E-state index contributed by atoms with van der Waals surface area (Å²) in [5, 5.41) is 4.42. The molecule has 1 aliphatic carbocycles. The van der Waals surface area contributed by atoms with Crippen LogP contribution in [-0.2, 0) is 17.6 Å². The average Bonchev–Trinajstić information content (AvgIpc) is 2.98. The van der Waals surface area contributed by atoms with Crippen molar-refractivity contribution in [2.24, 2.45) is 16.6 Å². The first kappa shape index (κ1) is 19.0. The monoisotopic (exact) mass is 341 g/mol. The highest BCUT2D eigenvalue weighted by atomic mass is 16.2. The van der Waals surface area contributed by atoms with E-state index in [0.717, 1.165) is 42.8 Å². The Balaban J connectivity index is 0.00000109. The second-order valence-electron chi connectivity index (χ2n) is 6.24. The van der Waals surface area contributed by atoms with Gasteiger partial charge in [-0.05, 0) is 56.0 Å². The number of nitrogens with one attached hydrogen (secondary N) is 1. The van der Waals surface area contributed by atoms with Gasteiger partial charge in [0.25, 0.3) is 0 Å². The van der Waals surface area contributed by atoms with Gasteiger partial charge >= 0.3 is 0 Å². The third-order valence-corrected chi connectivity index (χ3v) is 4.46. The van der Waals surface area contributed by atoms with Gasteiger partial charge in [-0.1, -0.05) is 0 Å². The lowest BCUT2D eigenvalue weighted by atomic mass is 9.94. The van der Waals surface area contributed by atoms with E-state index in [0.29, 0.717) is 19.5 Å². The first-order valence-corrected chi connectivity index (χ1v) is 8.69. The van der Waals surface area contributed by atoms with Crippen molar-refractivity contribution >= 4 is 17.3 Å². The van der Waals surface area contributed by atoms with Crippen LogP contribution in [0.2, 0.25) is 0 Å². The van der Waals surface area contributed by atoms with Crippen LogP contribution in [0, 0.1) is 12.8 Å². The Morgan fingerprint density at radius 2 is 2.00 bits per heavy atom. The van der Waals surface area contributed by atoms with Gasteiger partial charge in [-0.2, -0.15) is 5.10 Å². The van der Waals surface area contributed by atoms with Crippen LogP contribution in [0.3, 0.4) is 0 Å². The number of benzene rings is 1. The maximum Gasteiger partial charge on any atom is 0.233 e. The van der Waals surface area contributed by atoms with Crippen LogP contribution >= 0.6 is 0 Å². The van der Waals surface area contributed by atoms with Crippen molar-refractivity contribution in [1.29, 1.82) is 0 Å². The molecule has 0 spiro atoms. The summed E-state index contributed by atoms with van der Waals surface area (Å²) < 4.78 is 0. The largest absolute Gasteiger partial charge is 0.330 e. The molecule has 0 fully saturated rings. The number of carbonyl (C=O) groups excluding carboxylic acids is 1. The van der Waals surface area contributed by atoms with Crippen LogP contribution in [0.5, 0.6) is 0 Å². The first-order chi connectivity index (χ1) is 12.1. The molecular weight excluding hydrogens is 314 g/mol. The van der Waals surface area contributed by atoms with E-state index < -0.39 is 0 Å². The Morgan fingerprint density at radius 3 is 2.64 bits per heavy atom. The lowest BCUT2D eigenvalue weighted by molar-refractivity contribution is -0.117. The molecule has 0 saturated carbocycles. The minimum absolute atomic E-state index is 0.0878. The van der Waals surface area contributed by atoms with Crippen LogP contribution in [0.15, 0.2) is 17.2 Å². The van der Waals surface area contributed by atoms with Crippen molar-refractivity contribution in [2.75, 3.05) is 24.5 Å². The first-order valence-electron chi connectivity index (χ1n) is 8.69. The number of hydrazone groups is 1. The van der Waals surface area contributed by atoms with Crippen LogP contribution in [0.1, 0.15) is 36.5 Å². The van der Waals surface area contributed by atoms with E-state index in [1.807, 2.05) is 11.8 Å². The zero-order chi connectivity index (χ0) is 18.4. The molecule has 0 saturated heterocycles. The molecule has 25 heavy (non-hydrogen) atoms. The van der Waals surface area contributed by atoms with E-state index in [2.05, 4.69) is 35.5 Å². The molecule has 1 heterocycles. The van der Waals surface area contributed by atoms with E-state index in [4.69, 9.17) is 11.5 Å². The normalized spacial score (nSPS) is 19.9. The Labute approximate surface area is 149 Å². The van der Waals surface area contributed by atoms with Crippen LogP contribution in [0.4, 0.5) is 5.69 Å². The fraction of sp³-hybridized carbons (Fsp3) is 0.474. The number of hydrogen-bond donors (Lipinski definition) is 3. The number of terminal acetylenes is 1. The summed E-state index contributed by atoms with van der Waals surface area (Å²) in [5.74, 6) is 0.0878. The maximum atomic E-state index is 12.6. The average molecular weight is 341 g/mol. The molecule has 1 atom stereocenters. The zero-order valence-corrected chi connectivity index (χ0v) is 14.8. The summed E-state index contributed by atoms with van der Waals surface area (Å²) in [6.07, 6.45) is 10.9. The molecule has 134 valence electrons. The predicted octanol–water partition coefficient (Wildman–Crippen LogP) is 0.761. The van der Waals surface area contributed by atoms with Gasteiger partial charge in [0.1, 0.15) is 0 Å². The Morgan fingerprint density at radius 1 is 1.32 bits per heavy atom. The van der Waals surface area contributed by atoms with Gasteiger partial charge in [0.05, 0.1) is 17.8 Å². The number of carbonyl (C=O) groups is 1. The summed E-state index contributed by atoms with van der Waals surface area (Å²) in [7, 11) is 0. The molecule has 6 heteroatoms. The zero-order valence-electron chi connectivity index (χ0n) is 14.8. The quantitative estimate of drug-likeness (QED) is 0.544. The van der Waals surface area contributed by atoms with Gasteiger partial charge in [-0.3, -0.25) is 4.79 Å². The standard InChI is InChI=1S/C17H25N5O.C2H2/c1-2-20-21-15-10-17(23)22(5-3-4-18)16-9-12-7-13(19)6-11(12)8-14(15)16;1-2/h8-9,13,20H,2-7,10,18-19H2,1H3;1-2H/b21-15+;. The number of hydrogen-bond acceptors (Lipinski definition) is 5. The molecule has 0 bridgehead atoms. The Bertz CT molecular complexity index is 680. The topological polar surface area (TPSA) is 96.7 Å². The minimum atomic E-state index is 0.0878. The van der Waals surface area contributed by atoms with E-state index in [-0.39, 0.29) is 11.9 Å². The highest BCUT2D eigenvalue weighted by molar-refractivity contribution is 6.21. The van der Waals surface area contributed by atoms with Gasteiger partial charge in [-0.25, -0.2) is 0 Å². The number of fused-ring (bicyclic) bond motifs is 2. The van der Waals surface area contributed by atoms with E-state index in [1.165, 1.54) is 11.1 Å². The van der Waals surface area contributed by atoms with Gasteiger partial charge in [0.2, 0.25) is 5.91 Å². The van der Waals surface area contributed by atoms with Crippen LogP contribution in [0.25, 0.3) is 0 Å². The molecule has 5 N–H and O–H groups in total. The second kappa shape index (κ2) is 8.65. The van der Waals surface area contributed by atoms with E-state index >= 15 is 0 Å². The number of amides is 1. The van der Waals surface area contributed by atoms with Crippen LogP contribution in [-0.4, -0.2) is 37.3 Å². The van der Waals surface area contributed by atoms with E-state index in [1.54, 1.807) is 0 Å². The molecule has 1 unspecified atom stereocenters. The fourth-order valence-corrected chi connectivity index (χ4v) is 3.38. The molecule has 1 aromatic rings. The highest BCUT2D eigenvalue weighted by Gasteiger charge is 2.31. The van der Waals surface area contributed by atoms with Gasteiger partial charge in [-0.15, -0.1) is 12.8 Å². The van der Waals surface area contributed by atoms with Crippen molar-refractivity contribution < 1.29 is 4.79 Å². The molecule has 0 aromatic heterocycles. The third kappa shape index (κ3) is 4.01. The molecule has 3 rings (SSSR count). The summed E-state index contributed by atoms with van der Waals surface area (Å²) in [6, 6.07) is 4.48. The van der Waals surface area contributed by atoms with Crippen molar-refractivity contribution in [3.05, 3.63) is 28.8 Å². The Hall–Kier alpha value is -2.36. The molecule has 6 nitrogen and oxygen atoms in total. The molecule has 0 radical (unpaired) electrons. The molecular formula is C19H27N5O. The molecule has 1 aliphatic heterocycles. The number of rotatable bonds is 5. The maximum absolute atomic E-state index is 12.6. The number of anilines is 1. The lowest BCUT2D eigenvalue weighted by Crippen LogP contribution is -2.39. The summed E-state index contributed by atoms with van der Waals surface area (Å²) in [6.45, 7) is 3.96. The van der Waals surface area contributed by atoms with Crippen molar-refractivity contribution in [1.82, 2.24) is 5.43 Å². The molecule has 1 amide bonds. The molecule has 2 aliphatic rings. The van der Waals surface area contributed by atoms with Crippen molar-refractivity contribution in [2.45, 2.75) is 38.6 Å². The third-order valence-electron chi connectivity index (χ3n) is 4.46. The summed E-state index contributed by atoms with van der Waals surface area (Å²) in [5.41, 5.74) is 20.1. The highest BCUT2D eigenvalue weighted by Crippen LogP contribution is 2.34. The van der Waals surface area contributed by atoms with Gasteiger partial charge in [0.15, 0.2) is 0 Å². The van der Waals surface area contributed by atoms with Gasteiger partial charge in [0, 0.05) is 24.7 Å². The molecule has 1 aromatic carbocycles. The summed E-state index contributed by atoms with van der Waals surface area (Å²) >= 11 is 0. The number of nitrogens with zero attached hydrogens (tertiary/aromatic N) is 2. The van der Waals surface area contributed by atoms with Crippen LogP contribution < -0.4 is 21.8 Å². The van der Waals surface area contributed by atoms with E-state index in [9.17, 15) is 4.79 Å². The SMILES string of the molecule is C#C.CCN/N=C1\CC(=O)N(CCCN)c2cc3c(cc21)CC(N)C3. The minimum Gasteiger partial charge on any atom is -0.330 e. The predicted molar refractivity (Wildman–Crippen MR) is 103 cm³/mol. The van der Waals surface area contributed by atoms with Crippen molar-refractivity contribution in [3.63, 3.8) is 0 Å². The smallest absolute Gasteiger partial charge is 0.233 e. The lowest BCUT2D eigenvalue weighted by Gasteiger charge is -2.31. The fourth-order valence-electron chi connectivity index (χ4n) is 3.38. The van der Waals surface area contributed by atoms with Gasteiger partial charge < -0.3 is 21.8 Å². The summed E-state index contributed by atoms with van der Waals surface area (Å²) in [4.78, 5) is 14.4. The van der Waals surface area contributed by atoms with Crippen molar-refractivity contribution in [3.8, 4) is 12.8 Å². The number of nitrogens with two attached hydrogens (primary N) is 2. The second-order valence-corrected chi connectivity index (χ2v) is 6.24.